The maximum absolute atomic E-state index is 12.4. The number of carbonyl (C=O) groups is 1. The summed E-state index contributed by atoms with van der Waals surface area (Å²) in [6, 6.07) is -0.215. The quantitative estimate of drug-likeness (QED) is 0.786. The van der Waals surface area contributed by atoms with Gasteiger partial charge in [0.15, 0.2) is 0 Å². The van der Waals surface area contributed by atoms with Gasteiger partial charge < -0.3 is 4.74 Å². The zero-order chi connectivity index (χ0) is 15.3. The van der Waals surface area contributed by atoms with Gasteiger partial charge in [-0.05, 0) is 27.7 Å². The third kappa shape index (κ3) is 2.72. The predicted octanol–water partition coefficient (Wildman–Crippen LogP) is 3.15. The van der Waals surface area contributed by atoms with Crippen LogP contribution >= 0.6 is 0 Å². The van der Waals surface area contributed by atoms with Gasteiger partial charge in [-0.1, -0.05) is 0 Å². The third-order valence-corrected chi connectivity index (χ3v) is 3.47. The standard InChI is InChI=1S/C13H17F3N2O2/c1-11(2)5-9(12(3,4)20-11)18-7-8(6-17-18)10(19)13(14,15)16/h6-7,9H,5H2,1-4H3. The summed E-state index contributed by atoms with van der Waals surface area (Å²) in [5.74, 6) is -1.88. The molecular formula is C13H17F3N2O2. The lowest BCUT2D eigenvalue weighted by Crippen LogP contribution is -2.31. The molecule has 112 valence electrons. The number of Topliss-reactive ketones (excluding diaryl/α,β-unsaturated/α-hetero) is 1. The molecular weight excluding hydrogens is 273 g/mol. The second-order valence-electron chi connectivity index (χ2n) is 6.22. The zero-order valence-corrected chi connectivity index (χ0v) is 11.8. The van der Waals surface area contributed by atoms with Gasteiger partial charge in [0.2, 0.25) is 0 Å². The van der Waals surface area contributed by atoms with E-state index in [2.05, 4.69) is 5.10 Å². The maximum Gasteiger partial charge on any atom is 0.454 e. The second-order valence-corrected chi connectivity index (χ2v) is 6.22. The highest BCUT2D eigenvalue weighted by molar-refractivity contribution is 5.99. The lowest BCUT2D eigenvalue weighted by molar-refractivity contribution is -0.0885. The fraction of sp³-hybridized carbons (Fsp3) is 0.692. The molecule has 0 bridgehead atoms. The Hall–Kier alpha value is -1.37. The van der Waals surface area contributed by atoms with Crippen LogP contribution in [0.1, 0.15) is 50.5 Å². The lowest BCUT2D eigenvalue weighted by Gasteiger charge is -2.27. The summed E-state index contributed by atoms with van der Waals surface area (Å²) in [6.45, 7) is 7.55. The first-order valence-corrected chi connectivity index (χ1v) is 6.28. The molecule has 0 saturated carbocycles. The Morgan fingerprint density at radius 1 is 1.40 bits per heavy atom. The highest BCUT2D eigenvalue weighted by atomic mass is 19.4. The Bertz CT molecular complexity index is 532. The van der Waals surface area contributed by atoms with Crippen LogP contribution in [-0.2, 0) is 4.74 Å². The number of rotatable bonds is 2. The predicted molar refractivity (Wildman–Crippen MR) is 65.5 cm³/mol. The Morgan fingerprint density at radius 2 is 2.00 bits per heavy atom. The molecule has 2 heterocycles. The summed E-state index contributed by atoms with van der Waals surface area (Å²) < 4.78 is 44.4. The molecule has 0 aromatic carbocycles. The monoisotopic (exact) mass is 290 g/mol. The fourth-order valence-electron chi connectivity index (χ4n) is 2.73. The van der Waals surface area contributed by atoms with Crippen molar-refractivity contribution in [3.63, 3.8) is 0 Å². The fourth-order valence-corrected chi connectivity index (χ4v) is 2.73. The molecule has 1 aliphatic rings. The first kappa shape index (κ1) is 15.0. The van der Waals surface area contributed by atoms with Crippen molar-refractivity contribution >= 4 is 5.78 Å². The lowest BCUT2D eigenvalue weighted by atomic mass is 9.95. The number of aromatic nitrogens is 2. The number of nitrogens with zero attached hydrogens (tertiary/aromatic N) is 2. The second kappa shape index (κ2) is 4.31. The van der Waals surface area contributed by atoms with E-state index in [0.29, 0.717) is 6.42 Å². The van der Waals surface area contributed by atoms with Crippen molar-refractivity contribution in [3.8, 4) is 0 Å². The largest absolute Gasteiger partial charge is 0.454 e. The molecule has 0 N–H and O–H groups in total. The van der Waals surface area contributed by atoms with Gasteiger partial charge in [-0.25, -0.2) is 0 Å². The highest BCUT2D eigenvalue weighted by Gasteiger charge is 2.48. The molecule has 1 atom stereocenters. The van der Waals surface area contributed by atoms with Crippen molar-refractivity contribution in [2.75, 3.05) is 0 Å². The number of hydrogen-bond acceptors (Lipinski definition) is 3. The zero-order valence-electron chi connectivity index (χ0n) is 11.8. The molecule has 0 aliphatic carbocycles. The third-order valence-electron chi connectivity index (χ3n) is 3.47. The van der Waals surface area contributed by atoms with E-state index in [9.17, 15) is 18.0 Å². The summed E-state index contributed by atoms with van der Waals surface area (Å²) in [6.07, 6.45) is -2.17. The number of ether oxygens (including phenoxy) is 1. The molecule has 1 aromatic rings. The first-order valence-electron chi connectivity index (χ1n) is 6.28. The van der Waals surface area contributed by atoms with Crippen molar-refractivity contribution in [3.05, 3.63) is 18.0 Å². The highest BCUT2D eigenvalue weighted by Crippen LogP contribution is 2.44. The Kier molecular flexibility index (Phi) is 3.24. The topological polar surface area (TPSA) is 44.1 Å². The molecule has 1 saturated heterocycles. The van der Waals surface area contributed by atoms with E-state index < -0.39 is 23.1 Å². The summed E-state index contributed by atoms with van der Waals surface area (Å²) in [5.41, 5.74) is -1.39. The minimum atomic E-state index is -4.88. The van der Waals surface area contributed by atoms with Crippen LogP contribution < -0.4 is 0 Å². The van der Waals surface area contributed by atoms with Gasteiger partial charge in [0.25, 0.3) is 5.78 Å². The molecule has 4 nitrogen and oxygen atoms in total. The molecule has 0 spiro atoms. The van der Waals surface area contributed by atoms with E-state index in [4.69, 9.17) is 4.74 Å². The van der Waals surface area contributed by atoms with Crippen molar-refractivity contribution in [1.29, 1.82) is 0 Å². The maximum atomic E-state index is 12.4. The molecule has 0 amide bonds. The van der Waals surface area contributed by atoms with Gasteiger partial charge >= 0.3 is 6.18 Å². The normalized spacial score (nSPS) is 24.9. The van der Waals surface area contributed by atoms with Gasteiger partial charge in [0.1, 0.15) is 0 Å². The van der Waals surface area contributed by atoms with Gasteiger partial charge in [0, 0.05) is 12.6 Å². The van der Waals surface area contributed by atoms with Gasteiger partial charge in [-0.3, -0.25) is 9.48 Å². The molecule has 1 unspecified atom stereocenters. The molecule has 0 radical (unpaired) electrons. The van der Waals surface area contributed by atoms with E-state index in [1.165, 1.54) is 4.68 Å². The number of hydrogen-bond donors (Lipinski definition) is 0. The van der Waals surface area contributed by atoms with Crippen LogP contribution in [0, 0.1) is 0 Å². The summed E-state index contributed by atoms with van der Waals surface area (Å²) in [4.78, 5) is 11.2. The smallest absolute Gasteiger partial charge is 0.367 e. The summed E-state index contributed by atoms with van der Waals surface area (Å²) in [7, 11) is 0. The summed E-state index contributed by atoms with van der Waals surface area (Å²) >= 11 is 0. The van der Waals surface area contributed by atoms with E-state index in [1.807, 2.05) is 27.7 Å². The van der Waals surface area contributed by atoms with Gasteiger partial charge in [-0.15, -0.1) is 0 Å². The van der Waals surface area contributed by atoms with Crippen LogP contribution in [0.4, 0.5) is 13.2 Å². The van der Waals surface area contributed by atoms with E-state index in [1.54, 1.807) is 0 Å². The van der Waals surface area contributed by atoms with Crippen molar-refractivity contribution in [2.24, 2.45) is 0 Å². The van der Waals surface area contributed by atoms with Crippen molar-refractivity contribution in [1.82, 2.24) is 9.78 Å². The minimum Gasteiger partial charge on any atom is -0.367 e. The summed E-state index contributed by atoms with van der Waals surface area (Å²) in [5, 5.41) is 3.91. The van der Waals surface area contributed by atoms with Crippen LogP contribution in [-0.4, -0.2) is 32.9 Å². The molecule has 20 heavy (non-hydrogen) atoms. The Labute approximate surface area is 114 Å². The average Bonchev–Trinajstić information content (AvgIpc) is 2.77. The van der Waals surface area contributed by atoms with Crippen LogP contribution in [0.5, 0.6) is 0 Å². The first-order chi connectivity index (χ1) is 8.92. The molecule has 2 rings (SSSR count). The molecule has 7 heteroatoms. The number of ketones is 1. The Balaban J connectivity index is 2.28. The molecule has 1 aromatic heterocycles. The average molecular weight is 290 g/mol. The van der Waals surface area contributed by atoms with Crippen LogP contribution in [0.15, 0.2) is 12.4 Å². The van der Waals surface area contributed by atoms with Gasteiger partial charge in [0.05, 0.1) is 29.0 Å². The van der Waals surface area contributed by atoms with E-state index in [0.717, 1.165) is 12.4 Å². The van der Waals surface area contributed by atoms with Crippen molar-refractivity contribution in [2.45, 2.75) is 57.5 Å². The number of halogens is 3. The van der Waals surface area contributed by atoms with Crippen LogP contribution in [0.25, 0.3) is 0 Å². The molecule has 1 aliphatic heterocycles. The minimum absolute atomic E-state index is 0.215. The number of carbonyl (C=O) groups excluding carboxylic acids is 1. The van der Waals surface area contributed by atoms with Crippen LogP contribution in [0.3, 0.4) is 0 Å². The van der Waals surface area contributed by atoms with Gasteiger partial charge in [-0.2, -0.15) is 18.3 Å². The van der Waals surface area contributed by atoms with Crippen LogP contribution in [0.2, 0.25) is 0 Å². The molecule has 1 fully saturated rings. The van der Waals surface area contributed by atoms with E-state index >= 15 is 0 Å². The van der Waals surface area contributed by atoms with Crippen molar-refractivity contribution < 1.29 is 22.7 Å². The number of alkyl halides is 3. The SMILES string of the molecule is CC1(C)CC(n2cc(C(=O)C(F)(F)F)cn2)C(C)(C)O1. The van der Waals surface area contributed by atoms with E-state index in [-0.39, 0.29) is 11.6 Å². The Morgan fingerprint density at radius 3 is 2.45 bits per heavy atom.